The topological polar surface area (TPSA) is 154 Å². The second-order valence-electron chi connectivity index (χ2n) is 7.56. The van der Waals surface area contributed by atoms with Crippen molar-refractivity contribution in [2.75, 3.05) is 19.6 Å². The normalized spacial score (nSPS) is 25.2. The van der Waals surface area contributed by atoms with Crippen molar-refractivity contribution in [2.45, 2.75) is 37.2 Å². The van der Waals surface area contributed by atoms with Crippen molar-refractivity contribution < 1.29 is 34.6 Å². The summed E-state index contributed by atoms with van der Waals surface area (Å²) >= 11 is 0. The van der Waals surface area contributed by atoms with Crippen molar-refractivity contribution in [3.63, 3.8) is 0 Å². The molecule has 9 nitrogen and oxygen atoms in total. The van der Waals surface area contributed by atoms with Crippen LogP contribution in [0.1, 0.15) is 19.8 Å². The third-order valence-corrected chi connectivity index (χ3v) is 4.93. The molecule has 2 fully saturated rings. The van der Waals surface area contributed by atoms with Gasteiger partial charge in [-0.3, -0.25) is 9.69 Å². The van der Waals surface area contributed by atoms with E-state index in [9.17, 15) is 14.7 Å². The van der Waals surface area contributed by atoms with Gasteiger partial charge in [0.15, 0.2) is 5.57 Å². The van der Waals surface area contributed by atoms with Gasteiger partial charge in [0.2, 0.25) is 0 Å². The van der Waals surface area contributed by atoms with E-state index in [0.717, 1.165) is 0 Å². The fraction of sp³-hybridized carbons (Fsp3) is 0.556. The molecule has 2 rings (SSSR count). The van der Waals surface area contributed by atoms with Gasteiger partial charge in [-0.1, -0.05) is 12.0 Å². The molecule has 1 heterocycles. The molecule has 152 valence electrons. The zero-order chi connectivity index (χ0) is 21.1. The Kier molecular flexibility index (Phi) is 6.90. The number of nitrogens with two attached hydrogens (primary N) is 1. The van der Waals surface area contributed by atoms with Gasteiger partial charge in [-0.05, 0) is 37.6 Å². The number of aliphatic carboxylic acids is 2. The molecule has 3 atom stereocenters. The van der Waals surface area contributed by atoms with Crippen LogP contribution in [-0.4, -0.2) is 75.5 Å². The van der Waals surface area contributed by atoms with E-state index in [1.54, 1.807) is 11.0 Å². The highest BCUT2D eigenvalue weighted by molar-refractivity contribution is 6.44. The number of rotatable bonds is 10. The Balaban J connectivity index is 1.94. The van der Waals surface area contributed by atoms with Crippen molar-refractivity contribution in [1.29, 1.82) is 0 Å². The van der Waals surface area contributed by atoms with Crippen LogP contribution in [0.3, 0.4) is 0 Å². The lowest BCUT2D eigenvalue weighted by Gasteiger charge is -2.41. The Bertz CT molecular complexity index is 720. The first-order chi connectivity index (χ1) is 13.0. The number of carboxylic acid groups (broad SMARTS) is 2. The molecule has 0 amide bonds. The van der Waals surface area contributed by atoms with E-state index >= 15 is 0 Å². The minimum absolute atomic E-state index is 0.0511. The molecule has 0 radical (unpaired) electrons. The standard InChI is InChI=1S/C18H25BN2O7/c1-3-13(16(22)23)15(6-4-5-11-7-14(11)19(26)27)28-12-8-21(9-12)10-18(2,20)17(24)25/h1,4,6,11-12,14,26-27H,5,7-10,20H2,2H3,(H,22,23)(H,24,25)/b6-4-,15-13-/t11-,14+,18-/m1/s1. The zero-order valence-corrected chi connectivity index (χ0v) is 15.6. The summed E-state index contributed by atoms with van der Waals surface area (Å²) < 4.78 is 5.72. The summed E-state index contributed by atoms with van der Waals surface area (Å²) in [6.07, 6.45) is 9.41. The maximum atomic E-state index is 11.4. The number of allylic oxidation sites excluding steroid dienone is 2. The number of ether oxygens (including phenoxy) is 1. The van der Waals surface area contributed by atoms with Gasteiger partial charge >= 0.3 is 19.1 Å². The monoisotopic (exact) mass is 392 g/mol. The number of carbonyl (C=O) groups is 2. The molecule has 0 spiro atoms. The molecule has 0 aromatic heterocycles. The van der Waals surface area contributed by atoms with E-state index < -0.39 is 24.6 Å². The van der Waals surface area contributed by atoms with Gasteiger partial charge in [-0.2, -0.15) is 0 Å². The van der Waals surface area contributed by atoms with E-state index in [-0.39, 0.29) is 35.7 Å². The van der Waals surface area contributed by atoms with Crippen LogP contribution in [-0.2, 0) is 14.3 Å². The summed E-state index contributed by atoms with van der Waals surface area (Å²) in [4.78, 5) is 24.2. The quantitative estimate of drug-likeness (QED) is 0.106. The molecular formula is C18H25BN2O7. The van der Waals surface area contributed by atoms with Crippen molar-refractivity contribution in [3.05, 3.63) is 23.5 Å². The summed E-state index contributed by atoms with van der Waals surface area (Å²) in [6, 6.07) is 0. The molecule has 2 aliphatic rings. The highest BCUT2D eigenvalue weighted by atomic mass is 16.5. The molecule has 10 heteroatoms. The first kappa shape index (κ1) is 22.0. The summed E-state index contributed by atoms with van der Waals surface area (Å²) in [5, 5.41) is 36.6. The van der Waals surface area contributed by atoms with Gasteiger partial charge in [-0.15, -0.1) is 6.42 Å². The molecule has 0 bridgehead atoms. The fourth-order valence-corrected chi connectivity index (χ4v) is 3.11. The summed E-state index contributed by atoms with van der Waals surface area (Å²) in [7, 11) is -1.34. The van der Waals surface area contributed by atoms with Crippen LogP contribution in [0.2, 0.25) is 5.82 Å². The van der Waals surface area contributed by atoms with Gasteiger partial charge in [0.05, 0.1) is 0 Å². The highest BCUT2D eigenvalue weighted by Gasteiger charge is 2.44. The summed E-state index contributed by atoms with van der Waals surface area (Å²) in [5.74, 6) is -0.253. The Morgan fingerprint density at radius 2 is 2.04 bits per heavy atom. The van der Waals surface area contributed by atoms with E-state index in [0.29, 0.717) is 25.9 Å². The SMILES string of the molecule is C#C/C(C(=O)O)=C(\C=C/C[C@@H]1C[C@@H]1B(O)O)OC1CN(C[C@@](C)(N)C(=O)O)C1. The minimum atomic E-state index is -1.38. The van der Waals surface area contributed by atoms with E-state index in [1.807, 2.05) is 0 Å². The molecule has 0 aromatic rings. The average Bonchev–Trinajstić information content (AvgIpc) is 3.32. The lowest BCUT2D eigenvalue weighted by atomic mass is 9.81. The molecule has 1 aliphatic carbocycles. The Labute approximate surface area is 163 Å². The van der Waals surface area contributed by atoms with Crippen molar-refractivity contribution in [1.82, 2.24) is 4.90 Å². The summed E-state index contributed by atoms with van der Waals surface area (Å²) in [6.45, 7) is 2.37. The number of likely N-dealkylation sites (tertiary alicyclic amines) is 1. The smallest absolute Gasteiger partial charge is 0.455 e. The van der Waals surface area contributed by atoms with E-state index in [1.165, 1.54) is 13.0 Å². The first-order valence-corrected chi connectivity index (χ1v) is 8.93. The second-order valence-corrected chi connectivity index (χ2v) is 7.56. The van der Waals surface area contributed by atoms with E-state index in [4.69, 9.17) is 32.0 Å². The van der Waals surface area contributed by atoms with Gasteiger partial charge in [0, 0.05) is 19.6 Å². The molecule has 0 aromatic carbocycles. The molecule has 1 saturated heterocycles. The number of carboxylic acids is 2. The Morgan fingerprint density at radius 3 is 2.50 bits per heavy atom. The van der Waals surface area contributed by atoms with Crippen LogP contribution in [0.15, 0.2) is 23.5 Å². The van der Waals surface area contributed by atoms with Crippen LogP contribution in [0.4, 0.5) is 0 Å². The Hall–Kier alpha value is -2.32. The largest absolute Gasteiger partial charge is 0.486 e. The lowest BCUT2D eigenvalue weighted by Crippen LogP contribution is -2.61. The number of hydrogen-bond donors (Lipinski definition) is 5. The second kappa shape index (κ2) is 8.79. The van der Waals surface area contributed by atoms with Gasteiger partial charge < -0.3 is 30.7 Å². The van der Waals surface area contributed by atoms with Crippen molar-refractivity contribution in [2.24, 2.45) is 11.7 Å². The third-order valence-electron chi connectivity index (χ3n) is 4.93. The fourth-order valence-electron chi connectivity index (χ4n) is 3.11. The number of terminal acetylenes is 1. The molecule has 1 aliphatic heterocycles. The van der Waals surface area contributed by atoms with Gasteiger partial charge in [-0.25, -0.2) is 4.79 Å². The summed E-state index contributed by atoms with van der Waals surface area (Å²) in [5.41, 5.74) is 4.03. The zero-order valence-electron chi connectivity index (χ0n) is 15.6. The predicted molar refractivity (Wildman–Crippen MR) is 101 cm³/mol. The molecule has 0 unspecified atom stereocenters. The van der Waals surface area contributed by atoms with Crippen LogP contribution in [0, 0.1) is 18.3 Å². The molecular weight excluding hydrogens is 367 g/mol. The highest BCUT2D eigenvalue weighted by Crippen LogP contribution is 2.48. The van der Waals surface area contributed by atoms with Crippen LogP contribution >= 0.6 is 0 Å². The van der Waals surface area contributed by atoms with Crippen molar-refractivity contribution >= 4 is 19.1 Å². The average molecular weight is 392 g/mol. The molecule has 6 N–H and O–H groups in total. The molecule has 28 heavy (non-hydrogen) atoms. The third kappa shape index (κ3) is 5.59. The van der Waals surface area contributed by atoms with Crippen molar-refractivity contribution in [3.8, 4) is 12.3 Å². The number of nitrogens with zero attached hydrogens (tertiary/aromatic N) is 1. The number of hydrogen-bond acceptors (Lipinski definition) is 7. The van der Waals surface area contributed by atoms with Crippen LogP contribution in [0.5, 0.6) is 0 Å². The maximum absolute atomic E-state index is 11.4. The minimum Gasteiger partial charge on any atom is -0.486 e. The Morgan fingerprint density at radius 1 is 1.39 bits per heavy atom. The molecule has 1 saturated carbocycles. The lowest BCUT2D eigenvalue weighted by molar-refractivity contribution is -0.145. The van der Waals surface area contributed by atoms with Crippen LogP contribution in [0.25, 0.3) is 0 Å². The van der Waals surface area contributed by atoms with Gasteiger partial charge in [0.1, 0.15) is 17.4 Å². The van der Waals surface area contributed by atoms with Crippen LogP contribution < -0.4 is 5.73 Å². The van der Waals surface area contributed by atoms with E-state index in [2.05, 4.69) is 5.92 Å². The predicted octanol–water partition coefficient (Wildman–Crippen LogP) is -0.730. The van der Waals surface area contributed by atoms with Gasteiger partial charge in [0.25, 0.3) is 0 Å². The maximum Gasteiger partial charge on any atom is 0.455 e. The first-order valence-electron chi connectivity index (χ1n) is 8.93.